The summed E-state index contributed by atoms with van der Waals surface area (Å²) in [5, 5.41) is 9.83. The van der Waals surface area contributed by atoms with E-state index < -0.39 is 12.0 Å². The third-order valence-corrected chi connectivity index (χ3v) is 3.91. The molecule has 11 heteroatoms. The molecule has 2 aromatic heterocycles. The predicted molar refractivity (Wildman–Crippen MR) is 105 cm³/mol. The van der Waals surface area contributed by atoms with E-state index in [1.807, 2.05) is 6.07 Å². The number of aryl methyl sites for hydroxylation is 1. The number of hydrogen-bond acceptors (Lipinski definition) is 8. The standard InChI is InChI=1S/C18H19N7O4/c1-25-9-21-17(24-25)10-5-4-6-12(15(10)28-2)22-13-7-14(23-18(27)29-3)20-8-11(13)16(19)26/h4-9H,1-3H3,(H2,19,26)(H2,20,22,23,27). The number of carbonyl (C=O) groups is 2. The maximum absolute atomic E-state index is 11.8. The number of anilines is 3. The van der Waals surface area contributed by atoms with Crippen LogP contribution in [0.25, 0.3) is 11.4 Å². The van der Waals surface area contributed by atoms with Crippen molar-refractivity contribution in [2.24, 2.45) is 12.8 Å². The van der Waals surface area contributed by atoms with Crippen LogP contribution in [0.15, 0.2) is 36.8 Å². The molecule has 3 aromatic rings. The van der Waals surface area contributed by atoms with Gasteiger partial charge in [-0.2, -0.15) is 5.10 Å². The molecular weight excluding hydrogens is 378 g/mol. The fourth-order valence-corrected chi connectivity index (χ4v) is 2.62. The van der Waals surface area contributed by atoms with Gasteiger partial charge in [0, 0.05) is 19.3 Å². The monoisotopic (exact) mass is 397 g/mol. The highest BCUT2D eigenvalue weighted by Gasteiger charge is 2.17. The van der Waals surface area contributed by atoms with Crippen LogP contribution in [0, 0.1) is 0 Å². The highest BCUT2D eigenvalue weighted by Crippen LogP contribution is 2.37. The number of carbonyl (C=O) groups excluding carboxylic acids is 2. The molecule has 0 saturated carbocycles. The van der Waals surface area contributed by atoms with Crippen molar-refractivity contribution in [2.75, 3.05) is 24.9 Å². The van der Waals surface area contributed by atoms with Crippen LogP contribution in [0.5, 0.6) is 5.75 Å². The Kier molecular flexibility index (Phi) is 5.58. The number of benzene rings is 1. The molecule has 0 spiro atoms. The summed E-state index contributed by atoms with van der Waals surface area (Å²) in [6, 6.07) is 6.81. The molecule has 0 fully saturated rings. The molecule has 3 rings (SSSR count). The van der Waals surface area contributed by atoms with Gasteiger partial charge in [-0.1, -0.05) is 6.07 Å². The van der Waals surface area contributed by atoms with Crippen molar-refractivity contribution in [1.82, 2.24) is 19.7 Å². The van der Waals surface area contributed by atoms with Crippen LogP contribution in [0.1, 0.15) is 10.4 Å². The Hall–Kier alpha value is -4.15. The molecule has 0 aliphatic rings. The summed E-state index contributed by atoms with van der Waals surface area (Å²) in [4.78, 5) is 31.5. The molecule has 2 heterocycles. The molecule has 4 N–H and O–H groups in total. The number of amides is 2. The van der Waals surface area contributed by atoms with E-state index in [1.165, 1.54) is 26.5 Å². The zero-order chi connectivity index (χ0) is 21.0. The minimum absolute atomic E-state index is 0.129. The first-order valence-electron chi connectivity index (χ1n) is 8.37. The van der Waals surface area contributed by atoms with E-state index in [9.17, 15) is 9.59 Å². The largest absolute Gasteiger partial charge is 0.494 e. The van der Waals surface area contributed by atoms with E-state index in [-0.39, 0.29) is 11.4 Å². The summed E-state index contributed by atoms with van der Waals surface area (Å²) in [7, 11) is 4.50. The number of ether oxygens (including phenoxy) is 2. The van der Waals surface area contributed by atoms with Gasteiger partial charge in [0.2, 0.25) is 0 Å². The summed E-state index contributed by atoms with van der Waals surface area (Å²) in [5.74, 6) is 0.427. The number of primary amides is 1. The topological polar surface area (TPSA) is 146 Å². The number of para-hydroxylation sites is 1. The maximum atomic E-state index is 11.8. The van der Waals surface area contributed by atoms with E-state index in [2.05, 4.69) is 30.4 Å². The van der Waals surface area contributed by atoms with E-state index in [0.29, 0.717) is 28.5 Å². The van der Waals surface area contributed by atoms with Crippen LogP contribution in [-0.4, -0.2) is 46.0 Å². The lowest BCUT2D eigenvalue weighted by Gasteiger charge is -2.16. The number of rotatable bonds is 6. The van der Waals surface area contributed by atoms with Crippen molar-refractivity contribution >= 4 is 29.2 Å². The molecule has 0 bridgehead atoms. The second-order valence-corrected chi connectivity index (χ2v) is 5.85. The van der Waals surface area contributed by atoms with Crippen LogP contribution >= 0.6 is 0 Å². The zero-order valence-corrected chi connectivity index (χ0v) is 16.0. The van der Waals surface area contributed by atoms with Crippen molar-refractivity contribution in [3.8, 4) is 17.1 Å². The molecule has 0 unspecified atom stereocenters. The first-order chi connectivity index (χ1) is 13.9. The Labute approximate surface area is 165 Å². The quantitative estimate of drug-likeness (QED) is 0.571. The van der Waals surface area contributed by atoms with Gasteiger partial charge in [-0.05, 0) is 12.1 Å². The number of nitrogens with two attached hydrogens (primary N) is 1. The minimum atomic E-state index is -0.698. The SMILES string of the molecule is COC(=O)Nc1cc(Nc2cccc(-c3ncn(C)n3)c2OC)c(C(N)=O)cn1. The second-order valence-electron chi connectivity index (χ2n) is 5.85. The summed E-state index contributed by atoms with van der Waals surface area (Å²) in [6.07, 6.45) is 2.14. The summed E-state index contributed by atoms with van der Waals surface area (Å²) in [5.41, 5.74) is 7.10. The Morgan fingerprint density at radius 2 is 1.97 bits per heavy atom. The molecule has 11 nitrogen and oxygen atoms in total. The lowest BCUT2D eigenvalue weighted by atomic mass is 10.1. The molecule has 0 aliphatic heterocycles. The van der Waals surface area contributed by atoms with Gasteiger partial charge in [0.1, 0.15) is 12.1 Å². The van der Waals surface area contributed by atoms with Gasteiger partial charge in [-0.3, -0.25) is 14.8 Å². The van der Waals surface area contributed by atoms with Gasteiger partial charge in [-0.25, -0.2) is 14.8 Å². The number of nitrogens with one attached hydrogen (secondary N) is 2. The average molecular weight is 397 g/mol. The van der Waals surface area contributed by atoms with Crippen molar-refractivity contribution in [1.29, 1.82) is 0 Å². The maximum Gasteiger partial charge on any atom is 0.412 e. The molecule has 0 saturated heterocycles. The van der Waals surface area contributed by atoms with E-state index in [1.54, 1.807) is 30.2 Å². The number of nitrogens with zero attached hydrogens (tertiary/aromatic N) is 4. The molecule has 0 atom stereocenters. The fraction of sp³-hybridized carbons (Fsp3) is 0.167. The normalized spacial score (nSPS) is 10.3. The second kappa shape index (κ2) is 8.25. The summed E-state index contributed by atoms with van der Waals surface area (Å²) < 4.78 is 11.7. The van der Waals surface area contributed by atoms with Crippen molar-refractivity contribution in [3.05, 3.63) is 42.4 Å². The van der Waals surface area contributed by atoms with E-state index >= 15 is 0 Å². The first-order valence-corrected chi connectivity index (χ1v) is 8.37. The lowest BCUT2D eigenvalue weighted by molar-refractivity contribution is 0.100. The lowest BCUT2D eigenvalue weighted by Crippen LogP contribution is -2.16. The van der Waals surface area contributed by atoms with Crippen LogP contribution in [0.2, 0.25) is 0 Å². The number of hydrogen-bond donors (Lipinski definition) is 3. The summed E-state index contributed by atoms with van der Waals surface area (Å²) in [6.45, 7) is 0. The number of pyridine rings is 1. The Balaban J connectivity index is 2.03. The third kappa shape index (κ3) is 4.24. The molecular formula is C18H19N7O4. The van der Waals surface area contributed by atoms with Crippen LogP contribution in [0.4, 0.5) is 22.0 Å². The first kappa shape index (κ1) is 19.6. The Bertz CT molecular complexity index is 1060. The van der Waals surface area contributed by atoms with E-state index in [0.717, 1.165) is 0 Å². The predicted octanol–water partition coefficient (Wildman–Crippen LogP) is 1.91. The van der Waals surface area contributed by atoms with Crippen LogP contribution in [-0.2, 0) is 11.8 Å². The van der Waals surface area contributed by atoms with Crippen molar-refractivity contribution in [2.45, 2.75) is 0 Å². The highest BCUT2D eigenvalue weighted by atomic mass is 16.5. The Morgan fingerprint density at radius 1 is 1.17 bits per heavy atom. The van der Waals surface area contributed by atoms with Crippen molar-refractivity contribution < 1.29 is 19.1 Å². The molecule has 1 aromatic carbocycles. The van der Waals surface area contributed by atoms with Crippen LogP contribution < -0.4 is 21.1 Å². The molecule has 0 radical (unpaired) electrons. The Morgan fingerprint density at radius 3 is 2.59 bits per heavy atom. The number of methoxy groups -OCH3 is 2. The molecule has 150 valence electrons. The van der Waals surface area contributed by atoms with Crippen LogP contribution in [0.3, 0.4) is 0 Å². The molecule has 0 aliphatic carbocycles. The minimum Gasteiger partial charge on any atom is -0.494 e. The van der Waals surface area contributed by atoms with E-state index in [4.69, 9.17) is 10.5 Å². The van der Waals surface area contributed by atoms with Gasteiger partial charge in [-0.15, -0.1) is 0 Å². The van der Waals surface area contributed by atoms with Crippen molar-refractivity contribution in [3.63, 3.8) is 0 Å². The zero-order valence-electron chi connectivity index (χ0n) is 16.0. The fourth-order valence-electron chi connectivity index (χ4n) is 2.62. The highest BCUT2D eigenvalue weighted by molar-refractivity contribution is 6.00. The smallest absolute Gasteiger partial charge is 0.412 e. The number of aromatic nitrogens is 4. The molecule has 29 heavy (non-hydrogen) atoms. The molecule has 2 amide bonds. The van der Waals surface area contributed by atoms with Gasteiger partial charge >= 0.3 is 6.09 Å². The van der Waals surface area contributed by atoms with Gasteiger partial charge in [0.25, 0.3) is 5.91 Å². The van der Waals surface area contributed by atoms with Gasteiger partial charge in [0.15, 0.2) is 11.6 Å². The summed E-state index contributed by atoms with van der Waals surface area (Å²) >= 11 is 0. The van der Waals surface area contributed by atoms with Gasteiger partial charge < -0.3 is 20.5 Å². The average Bonchev–Trinajstić information content (AvgIpc) is 3.13. The van der Waals surface area contributed by atoms with Gasteiger partial charge in [0.05, 0.1) is 36.7 Å². The third-order valence-electron chi connectivity index (χ3n) is 3.91.